The lowest BCUT2D eigenvalue weighted by Gasteiger charge is -2.40. The Hall–Kier alpha value is -1.08. The second-order valence-electron chi connectivity index (χ2n) is 5.53. The molecular formula is C15H24BNO4. The standard InChI is InChI=1S/C15H24BNO4/c1-20-11-4-2-10(3-5-11)9-21-13-6-7-17(16)8-12(18)15(19)14(13)17/h2-5,12-15,18-19H,6-9H2,1,16H3/t12-,13-,14+,15-,17+/m0/s1. The van der Waals surface area contributed by atoms with Crippen LogP contribution in [0.15, 0.2) is 24.3 Å². The fraction of sp³-hybridized carbons (Fsp3) is 0.600. The van der Waals surface area contributed by atoms with Crippen molar-refractivity contribution in [1.29, 1.82) is 0 Å². The minimum absolute atomic E-state index is 0.0154. The number of aliphatic hydroxyl groups is 2. The van der Waals surface area contributed by atoms with Crippen LogP contribution in [0.25, 0.3) is 0 Å². The van der Waals surface area contributed by atoms with Gasteiger partial charge in [-0.3, -0.25) is 0 Å². The number of aliphatic hydroxyl groups excluding tert-OH is 2. The summed E-state index contributed by atoms with van der Waals surface area (Å²) >= 11 is 0. The summed E-state index contributed by atoms with van der Waals surface area (Å²) in [5.41, 5.74) is 1.11. The molecule has 21 heavy (non-hydrogen) atoms. The minimum Gasteiger partial charge on any atom is -0.513 e. The van der Waals surface area contributed by atoms with Gasteiger partial charge in [0.25, 0.3) is 0 Å². The van der Waals surface area contributed by atoms with E-state index in [4.69, 9.17) is 9.47 Å². The molecule has 0 saturated carbocycles. The largest absolute Gasteiger partial charge is 0.513 e. The van der Waals surface area contributed by atoms with Crippen molar-refractivity contribution in [3.8, 4) is 5.75 Å². The van der Waals surface area contributed by atoms with Gasteiger partial charge in [0.2, 0.25) is 0 Å². The zero-order valence-electron chi connectivity index (χ0n) is 11.6. The van der Waals surface area contributed by atoms with E-state index in [2.05, 4.69) is 0 Å². The molecule has 0 aliphatic carbocycles. The van der Waals surface area contributed by atoms with Gasteiger partial charge in [-0.25, -0.2) is 0 Å². The molecule has 5 atom stereocenters. The summed E-state index contributed by atoms with van der Waals surface area (Å²) in [6.45, 7) is 2.34. The number of hydrogen-bond donors (Lipinski definition) is 2. The molecule has 3 rings (SSSR count). The van der Waals surface area contributed by atoms with Crippen molar-refractivity contribution < 1.29 is 24.1 Å². The molecule has 116 valence electrons. The Morgan fingerprint density at radius 3 is 2.67 bits per heavy atom. The number of hydrogen-bond acceptors (Lipinski definition) is 4. The highest BCUT2D eigenvalue weighted by atomic mass is 16.5. The Labute approximate surface area is 126 Å². The molecule has 1 aromatic carbocycles. The molecule has 2 heterocycles. The fourth-order valence-electron chi connectivity index (χ4n) is 3.18. The van der Waals surface area contributed by atoms with Gasteiger partial charge in [0.1, 0.15) is 30.1 Å². The summed E-state index contributed by atoms with van der Waals surface area (Å²) in [6.07, 6.45) is -0.129. The van der Waals surface area contributed by atoms with Crippen LogP contribution < -0.4 is 4.74 Å². The third kappa shape index (κ3) is 2.69. The maximum absolute atomic E-state index is 10.2. The quantitative estimate of drug-likeness (QED) is 0.713. The molecular weight excluding hydrogens is 269 g/mol. The predicted octanol–water partition coefficient (Wildman–Crippen LogP) is -0.815. The average molecular weight is 293 g/mol. The summed E-state index contributed by atoms with van der Waals surface area (Å²) in [5.74, 6) is 0.842. The van der Waals surface area contributed by atoms with Gasteiger partial charge >= 0.3 is 0 Å². The van der Waals surface area contributed by atoms with Crippen molar-refractivity contribution in [3.05, 3.63) is 29.8 Å². The van der Waals surface area contributed by atoms with Crippen molar-refractivity contribution in [3.63, 3.8) is 0 Å². The molecule has 0 radical (unpaired) electrons. The van der Waals surface area contributed by atoms with Gasteiger partial charge in [-0.15, -0.1) is 0 Å². The Balaban J connectivity index is 1.63. The number of methoxy groups -OCH3 is 1. The molecule has 0 aromatic heterocycles. The molecule has 0 spiro atoms. The third-order valence-corrected chi connectivity index (χ3v) is 4.29. The normalized spacial score (nSPS) is 38.5. The van der Waals surface area contributed by atoms with Crippen LogP contribution in [0.4, 0.5) is 0 Å². The summed E-state index contributed by atoms with van der Waals surface area (Å²) in [6, 6.07) is 7.96. The Bertz CT molecular complexity index is 497. The number of ether oxygens (including phenoxy) is 2. The lowest BCUT2D eigenvalue weighted by Crippen LogP contribution is -2.51. The fourth-order valence-corrected chi connectivity index (χ4v) is 3.18. The van der Waals surface area contributed by atoms with Crippen LogP contribution >= 0.6 is 0 Å². The molecule has 0 amide bonds. The van der Waals surface area contributed by atoms with E-state index in [1.54, 1.807) is 7.11 Å². The van der Waals surface area contributed by atoms with E-state index >= 15 is 0 Å². The van der Waals surface area contributed by atoms with E-state index in [1.807, 2.05) is 24.3 Å². The van der Waals surface area contributed by atoms with Crippen molar-refractivity contribution in [1.82, 2.24) is 0 Å². The number of benzene rings is 1. The first-order valence-corrected chi connectivity index (χ1v) is 7.04. The first kappa shape index (κ1) is 14.8. The molecule has 5 nitrogen and oxygen atoms in total. The molecule has 0 bridgehead atoms. The molecule has 2 fully saturated rings. The second-order valence-corrected chi connectivity index (χ2v) is 5.53. The SMILES string of the molecule is [BH3-][N@@+]12CC[C@H](OCc3ccc(OC)cc3)[C@@H]1[C@@H](O)[C@@H](O)C2. The molecule has 0 unspecified atom stereocenters. The Morgan fingerprint density at radius 2 is 2.00 bits per heavy atom. The summed E-state index contributed by atoms with van der Waals surface area (Å²) in [4.78, 5) is 0. The molecule has 6 heteroatoms. The van der Waals surface area contributed by atoms with Gasteiger partial charge in [0, 0.05) is 13.0 Å². The molecule has 2 aliphatic rings. The summed E-state index contributed by atoms with van der Waals surface area (Å²) in [7, 11) is 1.67. The van der Waals surface area contributed by atoms with Gasteiger partial charge < -0.3 is 24.1 Å². The topological polar surface area (TPSA) is 58.9 Å². The lowest BCUT2D eigenvalue weighted by atomic mass is 10.0. The van der Waals surface area contributed by atoms with Crippen LogP contribution in [0.3, 0.4) is 0 Å². The van der Waals surface area contributed by atoms with Crippen molar-refractivity contribution in [2.24, 2.45) is 0 Å². The third-order valence-electron chi connectivity index (χ3n) is 4.29. The van der Waals surface area contributed by atoms with E-state index in [0.29, 0.717) is 6.61 Å². The van der Waals surface area contributed by atoms with Gasteiger partial charge in [0.15, 0.2) is 7.98 Å². The van der Waals surface area contributed by atoms with Gasteiger partial charge in [-0.2, -0.15) is 0 Å². The van der Waals surface area contributed by atoms with E-state index in [-0.39, 0.29) is 20.1 Å². The highest BCUT2D eigenvalue weighted by Crippen LogP contribution is 2.36. The summed E-state index contributed by atoms with van der Waals surface area (Å²) < 4.78 is 12.2. The second kappa shape index (κ2) is 5.61. The summed E-state index contributed by atoms with van der Waals surface area (Å²) in [5, 5.41) is 20.2. The molecule has 2 saturated heterocycles. The first-order valence-electron chi connectivity index (χ1n) is 7.04. The van der Waals surface area contributed by atoms with Crippen LogP contribution in [0.1, 0.15) is 12.0 Å². The lowest BCUT2D eigenvalue weighted by molar-refractivity contribution is -0.820. The zero-order chi connectivity index (χ0) is 15.0. The minimum atomic E-state index is -0.620. The highest BCUT2D eigenvalue weighted by Gasteiger charge is 2.54. The van der Waals surface area contributed by atoms with Crippen molar-refractivity contribution >= 4 is 7.98 Å². The van der Waals surface area contributed by atoms with Crippen LogP contribution in [0, 0.1) is 0 Å². The maximum atomic E-state index is 10.2. The van der Waals surface area contributed by atoms with Crippen LogP contribution in [0.2, 0.25) is 0 Å². The van der Waals surface area contributed by atoms with Gasteiger partial charge in [-0.1, -0.05) is 12.1 Å². The monoisotopic (exact) mass is 293 g/mol. The molecule has 2 N–H and O–H groups in total. The zero-order valence-corrected chi connectivity index (χ0v) is 11.6. The van der Waals surface area contributed by atoms with Crippen LogP contribution in [0.5, 0.6) is 5.75 Å². The van der Waals surface area contributed by atoms with Gasteiger partial charge in [-0.05, 0) is 17.7 Å². The van der Waals surface area contributed by atoms with E-state index in [0.717, 1.165) is 35.2 Å². The highest BCUT2D eigenvalue weighted by molar-refractivity contribution is 5.97. The van der Waals surface area contributed by atoms with Crippen LogP contribution in [-0.4, -0.2) is 67.1 Å². The van der Waals surface area contributed by atoms with E-state index in [1.165, 1.54) is 0 Å². The number of rotatable bonds is 4. The predicted molar refractivity (Wildman–Crippen MR) is 81.9 cm³/mol. The van der Waals surface area contributed by atoms with Crippen molar-refractivity contribution in [2.75, 3.05) is 20.2 Å². The Kier molecular flexibility index (Phi) is 3.97. The smallest absolute Gasteiger partial charge is 0.169 e. The number of quaternary nitrogens is 1. The molecule has 1 aromatic rings. The van der Waals surface area contributed by atoms with Crippen molar-refractivity contribution in [2.45, 2.75) is 37.4 Å². The molecule has 2 aliphatic heterocycles. The number of nitrogens with zero attached hydrogens (tertiary/aromatic N) is 1. The average Bonchev–Trinajstić information content (AvgIpc) is 2.91. The Morgan fingerprint density at radius 1 is 1.29 bits per heavy atom. The van der Waals surface area contributed by atoms with Crippen LogP contribution in [-0.2, 0) is 11.3 Å². The van der Waals surface area contributed by atoms with Gasteiger partial charge in [0.05, 0.1) is 20.3 Å². The van der Waals surface area contributed by atoms with E-state index < -0.39 is 12.2 Å². The maximum Gasteiger partial charge on any atom is 0.169 e. The van der Waals surface area contributed by atoms with E-state index in [9.17, 15) is 10.2 Å². The first-order chi connectivity index (χ1) is 10.0. The number of fused-ring (bicyclic) bond motifs is 1.